The van der Waals surface area contributed by atoms with Gasteiger partial charge < -0.3 is 11.1 Å². The van der Waals surface area contributed by atoms with Crippen LogP contribution in [0.25, 0.3) is 10.2 Å². The van der Waals surface area contributed by atoms with Gasteiger partial charge in [0, 0.05) is 6.04 Å². The minimum atomic E-state index is 0.204. The predicted molar refractivity (Wildman–Crippen MR) is 87.2 cm³/mol. The molecule has 3 aromatic rings. The first-order valence-electron chi connectivity index (χ1n) is 6.61. The number of thiazole rings is 1. The SMILES string of the molecule is Cc1nc2cc(NC(C)c3ccccc3)c(N)cc2s1. The molecule has 1 heterocycles. The van der Waals surface area contributed by atoms with Crippen LogP contribution in [0.2, 0.25) is 0 Å². The first kappa shape index (κ1) is 12.9. The van der Waals surface area contributed by atoms with Crippen LogP contribution in [0.3, 0.4) is 0 Å². The van der Waals surface area contributed by atoms with Gasteiger partial charge >= 0.3 is 0 Å². The summed E-state index contributed by atoms with van der Waals surface area (Å²) in [5, 5.41) is 4.53. The number of hydrogen-bond donors (Lipinski definition) is 2. The number of nitrogens with zero attached hydrogens (tertiary/aromatic N) is 1. The molecule has 0 spiro atoms. The molecule has 0 aliphatic heterocycles. The molecule has 0 amide bonds. The number of hydrogen-bond acceptors (Lipinski definition) is 4. The van der Waals surface area contributed by atoms with Gasteiger partial charge in [0.2, 0.25) is 0 Å². The van der Waals surface area contributed by atoms with Crippen molar-refractivity contribution in [3.8, 4) is 0 Å². The lowest BCUT2D eigenvalue weighted by Crippen LogP contribution is -2.08. The Morgan fingerprint density at radius 2 is 1.95 bits per heavy atom. The Kier molecular flexibility index (Phi) is 3.32. The van der Waals surface area contributed by atoms with Crippen molar-refractivity contribution in [2.45, 2.75) is 19.9 Å². The largest absolute Gasteiger partial charge is 0.397 e. The summed E-state index contributed by atoms with van der Waals surface area (Å²) in [6.45, 7) is 4.14. The normalized spacial score (nSPS) is 12.5. The van der Waals surface area contributed by atoms with E-state index in [0.29, 0.717) is 0 Å². The van der Waals surface area contributed by atoms with Crippen LogP contribution in [0.15, 0.2) is 42.5 Å². The molecule has 0 aliphatic carbocycles. The molecule has 1 unspecified atom stereocenters. The summed E-state index contributed by atoms with van der Waals surface area (Å²) >= 11 is 1.67. The zero-order valence-corrected chi connectivity index (χ0v) is 12.4. The minimum Gasteiger partial charge on any atom is -0.397 e. The van der Waals surface area contributed by atoms with E-state index in [1.54, 1.807) is 11.3 Å². The lowest BCUT2D eigenvalue weighted by molar-refractivity contribution is 0.886. The van der Waals surface area contributed by atoms with E-state index in [9.17, 15) is 0 Å². The van der Waals surface area contributed by atoms with Gasteiger partial charge in [-0.3, -0.25) is 0 Å². The van der Waals surface area contributed by atoms with Crippen molar-refractivity contribution in [2.75, 3.05) is 11.1 Å². The van der Waals surface area contributed by atoms with Crippen molar-refractivity contribution >= 4 is 32.9 Å². The van der Waals surface area contributed by atoms with Gasteiger partial charge in [0.25, 0.3) is 0 Å². The molecule has 0 saturated carbocycles. The highest BCUT2D eigenvalue weighted by molar-refractivity contribution is 7.18. The molecule has 1 atom stereocenters. The molecule has 0 radical (unpaired) electrons. The monoisotopic (exact) mass is 283 g/mol. The molecular formula is C16H17N3S. The van der Waals surface area contributed by atoms with E-state index in [0.717, 1.165) is 26.6 Å². The third-order valence-electron chi connectivity index (χ3n) is 3.34. The molecule has 2 aromatic carbocycles. The molecular weight excluding hydrogens is 266 g/mol. The van der Waals surface area contributed by atoms with E-state index in [4.69, 9.17) is 5.73 Å². The number of nitrogens with one attached hydrogen (secondary N) is 1. The molecule has 4 heteroatoms. The zero-order chi connectivity index (χ0) is 14.1. The van der Waals surface area contributed by atoms with Gasteiger partial charge in [-0.05, 0) is 31.5 Å². The molecule has 0 saturated heterocycles. The fourth-order valence-electron chi connectivity index (χ4n) is 2.29. The topological polar surface area (TPSA) is 50.9 Å². The summed E-state index contributed by atoms with van der Waals surface area (Å²) < 4.78 is 1.14. The van der Waals surface area contributed by atoms with Crippen molar-refractivity contribution in [2.24, 2.45) is 0 Å². The second kappa shape index (κ2) is 5.13. The van der Waals surface area contributed by atoms with Gasteiger partial charge in [-0.15, -0.1) is 11.3 Å². The van der Waals surface area contributed by atoms with Gasteiger partial charge in [-0.2, -0.15) is 0 Å². The summed E-state index contributed by atoms with van der Waals surface area (Å²) in [6.07, 6.45) is 0. The Morgan fingerprint density at radius 3 is 2.70 bits per heavy atom. The average Bonchev–Trinajstić information content (AvgIpc) is 2.79. The molecule has 3 N–H and O–H groups in total. The summed E-state index contributed by atoms with van der Waals surface area (Å²) in [6, 6.07) is 14.6. The van der Waals surface area contributed by atoms with E-state index in [-0.39, 0.29) is 6.04 Å². The molecule has 3 rings (SSSR count). The standard InChI is InChI=1S/C16H17N3S/c1-10(12-6-4-3-5-7-12)18-14-9-15-16(8-13(14)17)20-11(2)19-15/h3-10,18H,17H2,1-2H3. The van der Waals surface area contributed by atoms with Crippen LogP contribution in [0, 0.1) is 6.92 Å². The van der Waals surface area contributed by atoms with Gasteiger partial charge in [-0.25, -0.2) is 4.98 Å². The fraction of sp³-hybridized carbons (Fsp3) is 0.188. The van der Waals surface area contributed by atoms with Crippen LogP contribution >= 0.6 is 11.3 Å². The van der Waals surface area contributed by atoms with Gasteiger partial charge in [0.15, 0.2) is 0 Å². The van der Waals surface area contributed by atoms with E-state index in [1.165, 1.54) is 5.56 Å². The second-order valence-corrected chi connectivity index (χ2v) is 6.15. The summed E-state index contributed by atoms with van der Waals surface area (Å²) in [5.74, 6) is 0. The first-order chi connectivity index (χ1) is 9.63. The fourth-order valence-corrected chi connectivity index (χ4v) is 3.15. The smallest absolute Gasteiger partial charge is 0.0907 e. The Bertz CT molecular complexity index is 734. The van der Waals surface area contributed by atoms with Crippen LogP contribution in [0.5, 0.6) is 0 Å². The van der Waals surface area contributed by atoms with Gasteiger partial charge in [0.05, 0.1) is 26.6 Å². The number of anilines is 2. The van der Waals surface area contributed by atoms with Crippen molar-refractivity contribution < 1.29 is 0 Å². The lowest BCUT2D eigenvalue weighted by atomic mass is 10.1. The Hall–Kier alpha value is -2.07. The maximum atomic E-state index is 6.14. The Balaban J connectivity index is 1.92. The highest BCUT2D eigenvalue weighted by atomic mass is 32.1. The van der Waals surface area contributed by atoms with Crippen molar-refractivity contribution in [1.82, 2.24) is 4.98 Å². The first-order valence-corrected chi connectivity index (χ1v) is 7.43. The van der Waals surface area contributed by atoms with Crippen LogP contribution in [-0.2, 0) is 0 Å². The summed E-state index contributed by atoms with van der Waals surface area (Å²) in [5.41, 5.74) is 10.1. The third kappa shape index (κ3) is 2.47. The van der Waals surface area contributed by atoms with E-state index in [1.807, 2.05) is 37.3 Å². The van der Waals surface area contributed by atoms with E-state index < -0.39 is 0 Å². The second-order valence-electron chi connectivity index (χ2n) is 4.92. The summed E-state index contributed by atoms with van der Waals surface area (Å²) in [4.78, 5) is 4.52. The van der Waals surface area contributed by atoms with E-state index >= 15 is 0 Å². The molecule has 0 bridgehead atoms. The van der Waals surface area contributed by atoms with Gasteiger partial charge in [0.1, 0.15) is 0 Å². The zero-order valence-electron chi connectivity index (χ0n) is 11.6. The highest BCUT2D eigenvalue weighted by Gasteiger charge is 2.10. The van der Waals surface area contributed by atoms with Crippen LogP contribution in [0.1, 0.15) is 23.5 Å². The quantitative estimate of drug-likeness (QED) is 0.702. The average molecular weight is 283 g/mol. The molecule has 20 heavy (non-hydrogen) atoms. The molecule has 1 aromatic heterocycles. The maximum Gasteiger partial charge on any atom is 0.0907 e. The van der Waals surface area contributed by atoms with Crippen LogP contribution in [0.4, 0.5) is 11.4 Å². The molecule has 0 fully saturated rings. The maximum absolute atomic E-state index is 6.14. The number of rotatable bonds is 3. The minimum absolute atomic E-state index is 0.204. The van der Waals surface area contributed by atoms with Crippen molar-refractivity contribution in [3.63, 3.8) is 0 Å². The Morgan fingerprint density at radius 1 is 1.20 bits per heavy atom. The van der Waals surface area contributed by atoms with Crippen molar-refractivity contribution in [1.29, 1.82) is 0 Å². The predicted octanol–water partition coefficient (Wildman–Crippen LogP) is 4.36. The highest BCUT2D eigenvalue weighted by Crippen LogP contribution is 2.31. The van der Waals surface area contributed by atoms with Crippen LogP contribution in [-0.4, -0.2) is 4.98 Å². The molecule has 102 valence electrons. The number of aryl methyl sites for hydroxylation is 1. The third-order valence-corrected chi connectivity index (χ3v) is 4.27. The van der Waals surface area contributed by atoms with Crippen LogP contribution < -0.4 is 11.1 Å². The van der Waals surface area contributed by atoms with Gasteiger partial charge in [-0.1, -0.05) is 30.3 Å². The van der Waals surface area contributed by atoms with E-state index in [2.05, 4.69) is 29.4 Å². The molecule has 3 nitrogen and oxygen atoms in total. The number of fused-ring (bicyclic) bond motifs is 1. The lowest BCUT2D eigenvalue weighted by Gasteiger charge is -2.17. The number of benzene rings is 2. The number of nitrogen functional groups attached to an aromatic ring is 1. The number of aromatic nitrogens is 1. The Labute approximate surface area is 122 Å². The summed E-state index contributed by atoms with van der Waals surface area (Å²) in [7, 11) is 0. The molecule has 0 aliphatic rings. The number of nitrogens with two attached hydrogens (primary N) is 1. The van der Waals surface area contributed by atoms with Crippen molar-refractivity contribution in [3.05, 3.63) is 53.0 Å².